The van der Waals surface area contributed by atoms with Crippen LogP contribution in [0.4, 0.5) is 5.69 Å². The summed E-state index contributed by atoms with van der Waals surface area (Å²) in [5.41, 5.74) is 0.465. The molecule has 0 fully saturated rings. The number of ether oxygens (including phenoxy) is 2. The normalized spacial score (nSPS) is 15.9. The minimum Gasteiger partial charge on any atom is -0.474 e. The molecule has 0 bridgehead atoms. The molecule has 150 valence electrons. The predicted molar refractivity (Wildman–Crippen MR) is 107 cm³/mol. The van der Waals surface area contributed by atoms with E-state index < -0.39 is 11.6 Å². The number of carbonyl (C=O) groups excluding carboxylic acids is 1. The lowest BCUT2D eigenvalue weighted by atomic mass is 10.0. The minimum atomic E-state index is -0.615. The van der Waals surface area contributed by atoms with Crippen LogP contribution in [0, 0.1) is 0 Å². The Bertz CT molecular complexity index is 903. The fourth-order valence-corrected chi connectivity index (χ4v) is 3.03. The van der Waals surface area contributed by atoms with E-state index in [1.807, 2.05) is 24.3 Å². The van der Waals surface area contributed by atoms with E-state index in [0.717, 1.165) is 18.4 Å². The number of carbonyl (C=O) groups is 1. The van der Waals surface area contributed by atoms with Crippen molar-refractivity contribution in [2.75, 3.05) is 11.9 Å². The first-order valence-electron chi connectivity index (χ1n) is 9.16. The lowest BCUT2D eigenvalue weighted by Crippen LogP contribution is -2.38. The van der Waals surface area contributed by atoms with Gasteiger partial charge in [0.2, 0.25) is 5.88 Å². The molecule has 0 unspecified atom stereocenters. The van der Waals surface area contributed by atoms with Crippen LogP contribution in [0.25, 0.3) is 0 Å². The number of esters is 1. The third-order valence-electron chi connectivity index (χ3n) is 4.19. The minimum absolute atomic E-state index is 0.0324. The summed E-state index contributed by atoms with van der Waals surface area (Å²) in [6, 6.07) is 7.65. The second-order valence-electron chi connectivity index (χ2n) is 7.76. The van der Waals surface area contributed by atoms with Gasteiger partial charge in [0, 0.05) is 5.02 Å². The molecule has 1 aliphatic heterocycles. The zero-order valence-electron chi connectivity index (χ0n) is 16.2. The number of nitrogens with zero attached hydrogens (tertiary/aromatic N) is 2. The van der Waals surface area contributed by atoms with Gasteiger partial charge in [0.25, 0.3) is 5.56 Å². The van der Waals surface area contributed by atoms with Crippen LogP contribution in [0.2, 0.25) is 5.02 Å². The Labute approximate surface area is 168 Å². The maximum Gasteiger partial charge on any atom is 0.326 e. The summed E-state index contributed by atoms with van der Waals surface area (Å²) < 4.78 is 12.1. The van der Waals surface area contributed by atoms with Gasteiger partial charge in [-0.3, -0.25) is 14.2 Å². The molecule has 3 rings (SSSR count). The van der Waals surface area contributed by atoms with Crippen LogP contribution in [0.1, 0.15) is 32.8 Å². The van der Waals surface area contributed by atoms with E-state index in [0.29, 0.717) is 11.6 Å². The Kier molecular flexibility index (Phi) is 5.93. The zero-order valence-corrected chi connectivity index (χ0v) is 17.0. The average molecular weight is 406 g/mol. The molecule has 1 aliphatic rings. The summed E-state index contributed by atoms with van der Waals surface area (Å²) in [5, 5.41) is 3.91. The summed E-state index contributed by atoms with van der Waals surface area (Å²) in [6.45, 7) is 5.55. The molecule has 1 aromatic carbocycles. The molecule has 0 saturated carbocycles. The van der Waals surface area contributed by atoms with Crippen LogP contribution < -0.4 is 15.6 Å². The number of aryl methyl sites for hydroxylation is 1. The summed E-state index contributed by atoms with van der Waals surface area (Å²) in [4.78, 5) is 28.9. The number of anilines is 1. The highest BCUT2D eigenvalue weighted by atomic mass is 35.5. The van der Waals surface area contributed by atoms with E-state index >= 15 is 0 Å². The molecule has 1 aromatic heterocycles. The molecule has 1 N–H and O–H groups in total. The predicted octanol–water partition coefficient (Wildman–Crippen LogP) is 3.04. The van der Waals surface area contributed by atoms with E-state index in [9.17, 15) is 9.59 Å². The molecule has 1 atom stereocenters. The van der Waals surface area contributed by atoms with Gasteiger partial charge in [0.1, 0.15) is 25.1 Å². The largest absolute Gasteiger partial charge is 0.474 e. The Morgan fingerprint density at radius 2 is 2.07 bits per heavy atom. The monoisotopic (exact) mass is 405 g/mol. The number of halogens is 1. The molecule has 0 spiro atoms. The van der Waals surface area contributed by atoms with Crippen molar-refractivity contribution in [2.45, 2.75) is 51.8 Å². The number of benzene rings is 1. The van der Waals surface area contributed by atoms with Crippen molar-refractivity contribution in [3.63, 3.8) is 0 Å². The Morgan fingerprint density at radius 3 is 2.75 bits per heavy atom. The molecular weight excluding hydrogens is 382 g/mol. The van der Waals surface area contributed by atoms with Crippen LogP contribution in [0.15, 0.2) is 35.4 Å². The SMILES string of the molecule is CC(C)(C)OC(=O)Cn1cnc2c(c1=O)N[C@H](CCc1ccc(Cl)cc1)CO2. The van der Waals surface area contributed by atoms with Crippen LogP contribution in [-0.2, 0) is 22.5 Å². The smallest absolute Gasteiger partial charge is 0.326 e. The van der Waals surface area contributed by atoms with E-state index in [-0.39, 0.29) is 29.7 Å². The lowest BCUT2D eigenvalue weighted by molar-refractivity contribution is -0.155. The maximum absolute atomic E-state index is 12.7. The van der Waals surface area contributed by atoms with Crippen molar-refractivity contribution in [3.8, 4) is 5.88 Å². The number of fused-ring (bicyclic) bond motifs is 1. The average Bonchev–Trinajstić information content (AvgIpc) is 2.62. The number of nitrogens with one attached hydrogen (secondary N) is 1. The Hall–Kier alpha value is -2.54. The van der Waals surface area contributed by atoms with Crippen LogP contribution >= 0.6 is 11.6 Å². The van der Waals surface area contributed by atoms with Crippen LogP contribution in [0.5, 0.6) is 5.88 Å². The highest BCUT2D eigenvalue weighted by Crippen LogP contribution is 2.24. The van der Waals surface area contributed by atoms with E-state index in [1.54, 1.807) is 20.8 Å². The quantitative estimate of drug-likeness (QED) is 0.770. The number of aromatic nitrogens is 2. The summed E-state index contributed by atoms with van der Waals surface area (Å²) >= 11 is 5.91. The molecule has 2 aromatic rings. The molecule has 0 radical (unpaired) electrons. The van der Waals surface area contributed by atoms with Gasteiger partial charge in [-0.05, 0) is 51.3 Å². The summed E-state index contributed by atoms with van der Waals surface area (Å²) in [5.74, 6) is -0.236. The third kappa shape index (κ3) is 5.25. The van der Waals surface area contributed by atoms with Crippen molar-refractivity contribution >= 4 is 23.3 Å². The second-order valence-corrected chi connectivity index (χ2v) is 8.20. The molecule has 0 saturated heterocycles. The summed E-state index contributed by atoms with van der Waals surface area (Å²) in [7, 11) is 0. The fourth-order valence-electron chi connectivity index (χ4n) is 2.91. The summed E-state index contributed by atoms with van der Waals surface area (Å²) in [6.07, 6.45) is 2.90. The van der Waals surface area contributed by atoms with Gasteiger partial charge in [-0.2, -0.15) is 0 Å². The lowest BCUT2D eigenvalue weighted by Gasteiger charge is -2.26. The molecule has 2 heterocycles. The highest BCUT2D eigenvalue weighted by Gasteiger charge is 2.25. The van der Waals surface area contributed by atoms with Crippen LogP contribution in [-0.4, -0.2) is 33.8 Å². The van der Waals surface area contributed by atoms with Gasteiger partial charge < -0.3 is 14.8 Å². The third-order valence-corrected chi connectivity index (χ3v) is 4.44. The van der Waals surface area contributed by atoms with E-state index in [1.165, 1.54) is 10.9 Å². The topological polar surface area (TPSA) is 82.5 Å². The standard InChI is InChI=1S/C20H24ClN3O4/c1-20(2,3)28-16(25)10-24-12-22-18-17(19(24)26)23-15(11-27-18)9-6-13-4-7-14(21)8-5-13/h4-5,7-8,12,15,23H,6,9-11H2,1-3H3/t15-/m1/s1. The molecule has 8 heteroatoms. The Morgan fingerprint density at radius 1 is 1.36 bits per heavy atom. The molecule has 0 amide bonds. The highest BCUT2D eigenvalue weighted by molar-refractivity contribution is 6.30. The molecular formula is C20H24ClN3O4. The number of rotatable bonds is 5. The molecule has 7 nitrogen and oxygen atoms in total. The van der Waals surface area contributed by atoms with Gasteiger partial charge in [-0.15, -0.1) is 0 Å². The van der Waals surface area contributed by atoms with Crippen molar-refractivity contribution in [1.82, 2.24) is 9.55 Å². The first-order valence-corrected chi connectivity index (χ1v) is 9.54. The van der Waals surface area contributed by atoms with Gasteiger partial charge in [-0.25, -0.2) is 4.98 Å². The van der Waals surface area contributed by atoms with Gasteiger partial charge in [-0.1, -0.05) is 23.7 Å². The zero-order chi connectivity index (χ0) is 20.3. The number of hydrogen-bond acceptors (Lipinski definition) is 6. The van der Waals surface area contributed by atoms with Gasteiger partial charge in [0.05, 0.1) is 6.04 Å². The van der Waals surface area contributed by atoms with E-state index in [2.05, 4.69) is 10.3 Å². The van der Waals surface area contributed by atoms with Crippen molar-refractivity contribution in [2.24, 2.45) is 0 Å². The van der Waals surface area contributed by atoms with E-state index in [4.69, 9.17) is 21.1 Å². The van der Waals surface area contributed by atoms with Crippen molar-refractivity contribution < 1.29 is 14.3 Å². The van der Waals surface area contributed by atoms with Crippen molar-refractivity contribution in [3.05, 3.63) is 51.5 Å². The second kappa shape index (κ2) is 8.22. The maximum atomic E-state index is 12.7. The fraction of sp³-hybridized carbons (Fsp3) is 0.450. The molecule has 0 aliphatic carbocycles. The van der Waals surface area contributed by atoms with Crippen molar-refractivity contribution in [1.29, 1.82) is 0 Å². The Balaban J connectivity index is 1.67. The number of hydrogen-bond donors (Lipinski definition) is 1. The first kappa shape index (κ1) is 20.2. The molecule has 28 heavy (non-hydrogen) atoms. The van der Waals surface area contributed by atoms with Gasteiger partial charge in [0.15, 0.2) is 5.69 Å². The van der Waals surface area contributed by atoms with Crippen LogP contribution in [0.3, 0.4) is 0 Å². The van der Waals surface area contributed by atoms with Gasteiger partial charge >= 0.3 is 5.97 Å². The first-order chi connectivity index (χ1) is 13.2.